The molecule has 18 heavy (non-hydrogen) atoms. The van der Waals surface area contributed by atoms with E-state index in [1.807, 2.05) is 11.3 Å². The molecular formula is C14H25N3S. The zero-order chi connectivity index (χ0) is 13.1. The number of thiophene rings is 1. The molecule has 1 aliphatic heterocycles. The SMILES string of the molecule is CC(C)C(c1cccs1)N1CCN(C)CC1CN. The zero-order valence-electron chi connectivity index (χ0n) is 11.7. The van der Waals surface area contributed by atoms with Crippen LogP contribution < -0.4 is 5.73 Å². The van der Waals surface area contributed by atoms with Crippen LogP contribution in [0.25, 0.3) is 0 Å². The fourth-order valence-electron chi connectivity index (χ4n) is 2.94. The third-order valence-corrected chi connectivity index (χ3v) is 4.77. The smallest absolute Gasteiger partial charge is 0.0468 e. The third-order valence-electron chi connectivity index (χ3n) is 3.83. The molecule has 0 aliphatic carbocycles. The molecule has 2 N–H and O–H groups in total. The van der Waals surface area contributed by atoms with E-state index in [0.717, 1.165) is 26.2 Å². The van der Waals surface area contributed by atoms with Gasteiger partial charge in [0.2, 0.25) is 0 Å². The van der Waals surface area contributed by atoms with E-state index < -0.39 is 0 Å². The molecule has 0 spiro atoms. The van der Waals surface area contributed by atoms with Gasteiger partial charge in [0.15, 0.2) is 0 Å². The fraction of sp³-hybridized carbons (Fsp3) is 0.714. The van der Waals surface area contributed by atoms with Gasteiger partial charge in [-0.3, -0.25) is 4.90 Å². The molecule has 1 aliphatic rings. The summed E-state index contributed by atoms with van der Waals surface area (Å²) >= 11 is 1.87. The van der Waals surface area contributed by atoms with Crippen molar-refractivity contribution in [2.24, 2.45) is 11.7 Å². The number of hydrogen-bond donors (Lipinski definition) is 1. The lowest BCUT2D eigenvalue weighted by molar-refractivity contribution is 0.0386. The van der Waals surface area contributed by atoms with E-state index in [1.165, 1.54) is 4.88 Å². The van der Waals surface area contributed by atoms with Crippen molar-refractivity contribution in [1.29, 1.82) is 0 Å². The average Bonchev–Trinajstić information content (AvgIpc) is 2.84. The molecule has 0 saturated carbocycles. The van der Waals surface area contributed by atoms with Crippen molar-refractivity contribution in [3.63, 3.8) is 0 Å². The summed E-state index contributed by atoms with van der Waals surface area (Å²) in [5.74, 6) is 0.626. The van der Waals surface area contributed by atoms with Crippen LogP contribution in [0.15, 0.2) is 17.5 Å². The lowest BCUT2D eigenvalue weighted by Gasteiger charge is -2.45. The zero-order valence-corrected chi connectivity index (χ0v) is 12.5. The van der Waals surface area contributed by atoms with Gasteiger partial charge in [0, 0.05) is 43.1 Å². The molecule has 2 unspecified atom stereocenters. The summed E-state index contributed by atoms with van der Waals surface area (Å²) in [6.07, 6.45) is 0. The number of hydrogen-bond acceptors (Lipinski definition) is 4. The third kappa shape index (κ3) is 2.94. The van der Waals surface area contributed by atoms with E-state index in [0.29, 0.717) is 18.0 Å². The minimum atomic E-state index is 0.484. The predicted octanol–water partition coefficient (Wildman–Crippen LogP) is 2.02. The highest BCUT2D eigenvalue weighted by molar-refractivity contribution is 7.10. The number of piperazine rings is 1. The minimum Gasteiger partial charge on any atom is -0.329 e. The Balaban J connectivity index is 2.20. The Morgan fingerprint density at radius 3 is 2.78 bits per heavy atom. The van der Waals surface area contributed by atoms with Gasteiger partial charge in [0.05, 0.1) is 0 Å². The van der Waals surface area contributed by atoms with Gasteiger partial charge in [-0.25, -0.2) is 0 Å². The maximum atomic E-state index is 5.98. The van der Waals surface area contributed by atoms with Crippen molar-refractivity contribution < 1.29 is 0 Å². The second kappa shape index (κ2) is 6.15. The quantitative estimate of drug-likeness (QED) is 0.906. The van der Waals surface area contributed by atoms with E-state index in [-0.39, 0.29) is 0 Å². The highest BCUT2D eigenvalue weighted by Gasteiger charge is 2.32. The molecule has 0 radical (unpaired) electrons. The van der Waals surface area contributed by atoms with Gasteiger partial charge in [0.1, 0.15) is 0 Å². The number of likely N-dealkylation sites (N-methyl/N-ethyl adjacent to an activating group) is 1. The largest absolute Gasteiger partial charge is 0.329 e. The summed E-state index contributed by atoms with van der Waals surface area (Å²) in [4.78, 5) is 6.49. The average molecular weight is 267 g/mol. The van der Waals surface area contributed by atoms with Crippen molar-refractivity contribution in [1.82, 2.24) is 9.80 Å². The molecule has 1 fully saturated rings. The minimum absolute atomic E-state index is 0.484. The molecule has 0 bridgehead atoms. The summed E-state index contributed by atoms with van der Waals surface area (Å²) in [7, 11) is 2.19. The molecule has 4 heteroatoms. The molecule has 102 valence electrons. The molecule has 2 heterocycles. The number of rotatable bonds is 4. The molecule has 1 saturated heterocycles. The Morgan fingerprint density at radius 2 is 2.22 bits per heavy atom. The van der Waals surface area contributed by atoms with Crippen molar-refractivity contribution in [3.05, 3.63) is 22.4 Å². The van der Waals surface area contributed by atoms with E-state index in [2.05, 4.69) is 48.2 Å². The van der Waals surface area contributed by atoms with Gasteiger partial charge >= 0.3 is 0 Å². The van der Waals surface area contributed by atoms with Gasteiger partial charge in [-0.1, -0.05) is 19.9 Å². The second-order valence-corrected chi connectivity index (χ2v) is 6.57. The molecular weight excluding hydrogens is 242 g/mol. The predicted molar refractivity (Wildman–Crippen MR) is 78.9 cm³/mol. The normalized spacial score (nSPS) is 24.6. The van der Waals surface area contributed by atoms with Gasteiger partial charge in [-0.2, -0.15) is 0 Å². The molecule has 1 aromatic rings. The monoisotopic (exact) mass is 267 g/mol. The molecule has 1 aromatic heterocycles. The molecule has 2 atom stereocenters. The highest BCUT2D eigenvalue weighted by Crippen LogP contribution is 2.34. The van der Waals surface area contributed by atoms with Crippen LogP contribution in [0.5, 0.6) is 0 Å². The Labute approximate surface area is 115 Å². The van der Waals surface area contributed by atoms with E-state index in [1.54, 1.807) is 0 Å². The molecule has 0 amide bonds. The first kappa shape index (κ1) is 14.0. The Kier molecular flexibility index (Phi) is 4.78. The van der Waals surface area contributed by atoms with E-state index in [9.17, 15) is 0 Å². The van der Waals surface area contributed by atoms with Crippen LogP contribution >= 0.6 is 11.3 Å². The van der Waals surface area contributed by atoms with Crippen molar-refractivity contribution in [2.45, 2.75) is 25.9 Å². The maximum absolute atomic E-state index is 5.98. The first-order chi connectivity index (χ1) is 8.63. The van der Waals surface area contributed by atoms with Gasteiger partial charge in [0.25, 0.3) is 0 Å². The molecule has 2 rings (SSSR count). The lowest BCUT2D eigenvalue weighted by atomic mass is 9.97. The first-order valence-electron chi connectivity index (χ1n) is 6.81. The summed E-state index contributed by atoms with van der Waals surface area (Å²) < 4.78 is 0. The summed E-state index contributed by atoms with van der Waals surface area (Å²) in [5, 5.41) is 2.18. The van der Waals surface area contributed by atoms with Crippen molar-refractivity contribution >= 4 is 11.3 Å². The fourth-order valence-corrected chi connectivity index (χ4v) is 3.95. The van der Waals surface area contributed by atoms with Crippen LogP contribution in [-0.4, -0.2) is 49.1 Å². The summed E-state index contributed by atoms with van der Waals surface area (Å²) in [5.41, 5.74) is 5.98. The Hall–Kier alpha value is -0.420. The van der Waals surface area contributed by atoms with Crippen LogP contribution in [0.3, 0.4) is 0 Å². The standard InChI is InChI=1S/C14H25N3S/c1-11(2)14(13-5-4-8-18-13)17-7-6-16(3)10-12(17)9-15/h4-5,8,11-12,14H,6-7,9-10,15H2,1-3H3. The van der Waals surface area contributed by atoms with Crippen molar-refractivity contribution in [2.75, 3.05) is 33.2 Å². The van der Waals surface area contributed by atoms with Crippen LogP contribution in [0.2, 0.25) is 0 Å². The van der Waals surface area contributed by atoms with E-state index >= 15 is 0 Å². The van der Waals surface area contributed by atoms with Crippen LogP contribution in [0.4, 0.5) is 0 Å². The molecule has 0 aromatic carbocycles. The van der Waals surface area contributed by atoms with Crippen molar-refractivity contribution in [3.8, 4) is 0 Å². The highest BCUT2D eigenvalue weighted by atomic mass is 32.1. The Bertz CT molecular complexity index is 350. The summed E-state index contributed by atoms with van der Waals surface area (Å²) in [6, 6.07) is 5.43. The second-order valence-electron chi connectivity index (χ2n) is 5.59. The van der Waals surface area contributed by atoms with Gasteiger partial charge < -0.3 is 10.6 Å². The number of nitrogens with two attached hydrogens (primary N) is 1. The molecule has 3 nitrogen and oxygen atoms in total. The van der Waals surface area contributed by atoms with Crippen LogP contribution in [0.1, 0.15) is 24.8 Å². The lowest BCUT2D eigenvalue weighted by Crippen LogP contribution is -2.56. The van der Waals surface area contributed by atoms with Crippen LogP contribution in [0, 0.1) is 5.92 Å². The van der Waals surface area contributed by atoms with Gasteiger partial charge in [-0.05, 0) is 24.4 Å². The van der Waals surface area contributed by atoms with Gasteiger partial charge in [-0.15, -0.1) is 11.3 Å². The summed E-state index contributed by atoms with van der Waals surface area (Å²) in [6.45, 7) is 8.74. The maximum Gasteiger partial charge on any atom is 0.0468 e. The Morgan fingerprint density at radius 1 is 1.44 bits per heavy atom. The topological polar surface area (TPSA) is 32.5 Å². The number of nitrogens with zero attached hydrogens (tertiary/aromatic N) is 2. The van der Waals surface area contributed by atoms with Crippen LogP contribution in [-0.2, 0) is 0 Å². The van der Waals surface area contributed by atoms with E-state index in [4.69, 9.17) is 5.73 Å². The first-order valence-corrected chi connectivity index (χ1v) is 7.69.